The zero-order chi connectivity index (χ0) is 19.2. The summed E-state index contributed by atoms with van der Waals surface area (Å²) < 4.78 is 7.83. The number of benzene rings is 2. The molecular formula is C23H21N3O2. The Balaban J connectivity index is 1.28. The number of fused-ring (bicyclic) bond motifs is 1. The molecule has 2 aromatic carbocycles. The van der Waals surface area contributed by atoms with Crippen LogP contribution in [0.4, 0.5) is 0 Å². The van der Waals surface area contributed by atoms with Crippen LogP contribution in [0.25, 0.3) is 16.6 Å². The molecule has 140 valence electrons. The molecule has 0 spiro atoms. The summed E-state index contributed by atoms with van der Waals surface area (Å²) >= 11 is 0. The van der Waals surface area contributed by atoms with Gasteiger partial charge in [0.1, 0.15) is 11.3 Å². The van der Waals surface area contributed by atoms with Gasteiger partial charge >= 0.3 is 0 Å². The third-order valence-electron chi connectivity index (χ3n) is 4.47. The lowest BCUT2D eigenvalue weighted by molar-refractivity contribution is 0.0951. The molecule has 0 saturated carbocycles. The summed E-state index contributed by atoms with van der Waals surface area (Å²) in [6, 6.07) is 21.3. The fourth-order valence-electron chi connectivity index (χ4n) is 3.07. The zero-order valence-electron chi connectivity index (χ0n) is 15.4. The summed E-state index contributed by atoms with van der Waals surface area (Å²) in [5.74, 6) is 0.685. The predicted octanol–water partition coefficient (Wildman–Crippen LogP) is 4.22. The molecule has 2 aromatic heterocycles. The second-order valence-electron chi connectivity index (χ2n) is 6.43. The number of rotatable bonds is 7. The number of carbonyl (C=O) groups is 1. The van der Waals surface area contributed by atoms with Crippen LogP contribution >= 0.6 is 0 Å². The van der Waals surface area contributed by atoms with Crippen molar-refractivity contribution in [3.8, 4) is 11.4 Å². The van der Waals surface area contributed by atoms with Crippen LogP contribution in [0.5, 0.6) is 5.75 Å². The molecule has 0 unspecified atom stereocenters. The van der Waals surface area contributed by atoms with E-state index in [9.17, 15) is 4.79 Å². The second-order valence-corrected chi connectivity index (χ2v) is 6.43. The molecule has 0 aliphatic rings. The second kappa shape index (κ2) is 8.39. The predicted molar refractivity (Wildman–Crippen MR) is 110 cm³/mol. The van der Waals surface area contributed by atoms with Gasteiger partial charge in [0.05, 0.1) is 6.61 Å². The molecular weight excluding hydrogens is 350 g/mol. The van der Waals surface area contributed by atoms with Gasteiger partial charge in [-0.25, -0.2) is 0 Å². The first-order valence-electron chi connectivity index (χ1n) is 9.29. The van der Waals surface area contributed by atoms with Crippen LogP contribution in [0.3, 0.4) is 0 Å². The highest BCUT2D eigenvalue weighted by Gasteiger charge is 2.07. The molecule has 0 radical (unpaired) electrons. The third kappa shape index (κ3) is 4.04. The number of hydrogen-bond donors (Lipinski definition) is 1. The standard InChI is InChI=1S/C23H21N3O2/c27-23(19-8-3-10-20(17-19)26-14-1-2-15-26)25-13-6-16-28-21-11-4-7-18-9-5-12-24-22(18)21/h1-5,7-12,14-15,17H,6,13,16H2,(H,25,27). The Labute approximate surface area is 163 Å². The number of ether oxygens (including phenoxy) is 1. The van der Waals surface area contributed by atoms with E-state index in [-0.39, 0.29) is 5.91 Å². The van der Waals surface area contributed by atoms with E-state index in [0.717, 1.165) is 22.3 Å². The molecule has 4 rings (SSSR count). The quantitative estimate of drug-likeness (QED) is 0.495. The summed E-state index contributed by atoms with van der Waals surface area (Å²) in [5.41, 5.74) is 2.46. The minimum absolute atomic E-state index is 0.0826. The van der Waals surface area contributed by atoms with Crippen LogP contribution < -0.4 is 10.1 Å². The number of carbonyl (C=O) groups excluding carboxylic acids is 1. The fourth-order valence-corrected chi connectivity index (χ4v) is 3.07. The summed E-state index contributed by atoms with van der Waals surface area (Å²) in [7, 11) is 0. The average Bonchev–Trinajstić information content (AvgIpc) is 3.28. The Hall–Kier alpha value is -3.60. The van der Waals surface area contributed by atoms with Gasteiger partial charge in [-0.05, 0) is 48.9 Å². The molecule has 1 N–H and O–H groups in total. The van der Waals surface area contributed by atoms with Gasteiger partial charge in [-0.3, -0.25) is 9.78 Å². The van der Waals surface area contributed by atoms with Crippen molar-refractivity contribution in [2.24, 2.45) is 0 Å². The molecule has 0 fully saturated rings. The third-order valence-corrected chi connectivity index (χ3v) is 4.47. The molecule has 1 amide bonds. The van der Waals surface area contributed by atoms with Gasteiger partial charge < -0.3 is 14.6 Å². The Kier molecular flexibility index (Phi) is 5.33. The summed E-state index contributed by atoms with van der Waals surface area (Å²) in [6.07, 6.45) is 6.39. The van der Waals surface area contributed by atoms with E-state index in [1.54, 1.807) is 6.20 Å². The van der Waals surface area contributed by atoms with Crippen molar-refractivity contribution >= 4 is 16.8 Å². The summed E-state index contributed by atoms with van der Waals surface area (Å²) in [4.78, 5) is 16.8. The normalized spacial score (nSPS) is 10.7. The van der Waals surface area contributed by atoms with E-state index < -0.39 is 0 Å². The van der Waals surface area contributed by atoms with Gasteiger partial charge in [0, 0.05) is 41.8 Å². The Morgan fingerprint density at radius 1 is 1.00 bits per heavy atom. The van der Waals surface area contributed by atoms with Crippen LogP contribution in [0.15, 0.2) is 85.3 Å². The first-order chi connectivity index (χ1) is 13.8. The SMILES string of the molecule is O=C(NCCCOc1cccc2cccnc12)c1cccc(-n2cccc2)c1. The number of para-hydroxylation sites is 1. The lowest BCUT2D eigenvalue weighted by Gasteiger charge is -2.10. The van der Waals surface area contributed by atoms with E-state index >= 15 is 0 Å². The highest BCUT2D eigenvalue weighted by molar-refractivity contribution is 5.94. The van der Waals surface area contributed by atoms with Crippen molar-refractivity contribution in [2.75, 3.05) is 13.2 Å². The van der Waals surface area contributed by atoms with E-state index in [4.69, 9.17) is 4.74 Å². The van der Waals surface area contributed by atoms with Crippen molar-refractivity contribution in [1.29, 1.82) is 0 Å². The van der Waals surface area contributed by atoms with Crippen LogP contribution in [0, 0.1) is 0 Å². The van der Waals surface area contributed by atoms with Gasteiger partial charge in [-0.2, -0.15) is 0 Å². The molecule has 0 atom stereocenters. The number of amides is 1. The molecule has 28 heavy (non-hydrogen) atoms. The maximum atomic E-state index is 12.4. The number of nitrogens with one attached hydrogen (secondary N) is 1. The Morgan fingerprint density at radius 2 is 1.82 bits per heavy atom. The minimum Gasteiger partial charge on any atom is -0.491 e. The first-order valence-corrected chi connectivity index (χ1v) is 9.29. The highest BCUT2D eigenvalue weighted by Crippen LogP contribution is 2.22. The lowest BCUT2D eigenvalue weighted by atomic mass is 10.2. The Bertz CT molecular complexity index is 1070. The molecule has 2 heterocycles. The van der Waals surface area contributed by atoms with E-state index in [1.807, 2.05) is 83.7 Å². The lowest BCUT2D eigenvalue weighted by Crippen LogP contribution is -2.25. The molecule has 4 aromatic rings. The van der Waals surface area contributed by atoms with Crippen molar-refractivity contribution < 1.29 is 9.53 Å². The van der Waals surface area contributed by atoms with E-state index in [2.05, 4.69) is 10.3 Å². The molecule has 5 heteroatoms. The zero-order valence-corrected chi connectivity index (χ0v) is 15.4. The van der Waals surface area contributed by atoms with Gasteiger partial charge in [0.25, 0.3) is 5.91 Å². The Morgan fingerprint density at radius 3 is 2.71 bits per heavy atom. The van der Waals surface area contributed by atoms with Crippen LogP contribution in [-0.4, -0.2) is 28.6 Å². The first kappa shape index (κ1) is 17.8. The topological polar surface area (TPSA) is 56.1 Å². The van der Waals surface area contributed by atoms with Crippen LogP contribution in [0.2, 0.25) is 0 Å². The average molecular weight is 371 g/mol. The van der Waals surface area contributed by atoms with Crippen molar-refractivity contribution in [3.05, 3.63) is 90.9 Å². The fraction of sp³-hybridized carbons (Fsp3) is 0.130. The smallest absolute Gasteiger partial charge is 0.251 e. The molecule has 0 saturated heterocycles. The molecule has 0 bridgehead atoms. The molecule has 0 aliphatic carbocycles. The van der Waals surface area contributed by atoms with Crippen molar-refractivity contribution in [1.82, 2.24) is 14.9 Å². The maximum Gasteiger partial charge on any atom is 0.251 e. The number of hydrogen-bond acceptors (Lipinski definition) is 3. The van der Waals surface area contributed by atoms with E-state index in [0.29, 0.717) is 25.1 Å². The van der Waals surface area contributed by atoms with Crippen LogP contribution in [0.1, 0.15) is 16.8 Å². The highest BCUT2D eigenvalue weighted by atomic mass is 16.5. The molecule has 0 aliphatic heterocycles. The van der Waals surface area contributed by atoms with Gasteiger partial charge in [-0.1, -0.05) is 24.3 Å². The summed E-state index contributed by atoms with van der Waals surface area (Å²) in [5, 5.41) is 4.00. The minimum atomic E-state index is -0.0826. The van der Waals surface area contributed by atoms with Gasteiger partial charge in [0.2, 0.25) is 0 Å². The number of pyridine rings is 1. The number of nitrogens with zero attached hydrogens (tertiary/aromatic N) is 2. The van der Waals surface area contributed by atoms with Gasteiger partial charge in [0.15, 0.2) is 0 Å². The summed E-state index contributed by atoms with van der Waals surface area (Å²) in [6.45, 7) is 1.06. The maximum absolute atomic E-state index is 12.4. The monoisotopic (exact) mass is 371 g/mol. The van der Waals surface area contributed by atoms with Crippen molar-refractivity contribution in [3.63, 3.8) is 0 Å². The van der Waals surface area contributed by atoms with E-state index in [1.165, 1.54) is 0 Å². The van der Waals surface area contributed by atoms with Crippen LogP contribution in [-0.2, 0) is 0 Å². The number of aromatic nitrogens is 2. The largest absolute Gasteiger partial charge is 0.491 e. The van der Waals surface area contributed by atoms with Gasteiger partial charge in [-0.15, -0.1) is 0 Å². The van der Waals surface area contributed by atoms with Crippen molar-refractivity contribution in [2.45, 2.75) is 6.42 Å². The molecule has 5 nitrogen and oxygen atoms in total.